The van der Waals surface area contributed by atoms with Crippen molar-refractivity contribution in [2.45, 2.75) is 45.3 Å². The lowest BCUT2D eigenvalue weighted by Gasteiger charge is -2.08. The van der Waals surface area contributed by atoms with E-state index in [-0.39, 0.29) is 12.5 Å². The summed E-state index contributed by atoms with van der Waals surface area (Å²) in [4.78, 5) is 11.6. The van der Waals surface area contributed by atoms with Gasteiger partial charge in [-0.05, 0) is 18.1 Å². The average Bonchev–Trinajstić information content (AvgIpc) is 2.95. The zero-order valence-electron chi connectivity index (χ0n) is 13.6. The van der Waals surface area contributed by atoms with Gasteiger partial charge in [-0.1, -0.05) is 32.0 Å². The van der Waals surface area contributed by atoms with Crippen molar-refractivity contribution in [2.75, 3.05) is 0 Å². The van der Waals surface area contributed by atoms with E-state index in [0.717, 1.165) is 16.9 Å². The van der Waals surface area contributed by atoms with Gasteiger partial charge in [0, 0.05) is 24.7 Å². The van der Waals surface area contributed by atoms with E-state index in [1.165, 1.54) is 0 Å². The van der Waals surface area contributed by atoms with Gasteiger partial charge in [0.05, 0.1) is 17.8 Å². The number of para-hydroxylation sites is 1. The predicted octanol–water partition coefficient (Wildman–Crippen LogP) is 3.95. The summed E-state index contributed by atoms with van der Waals surface area (Å²) in [5.74, 6) is -0.480. The molecule has 24 heavy (non-hydrogen) atoms. The van der Waals surface area contributed by atoms with Crippen LogP contribution in [0.2, 0.25) is 0 Å². The second kappa shape index (κ2) is 7.51. The van der Waals surface area contributed by atoms with Crippen molar-refractivity contribution < 1.29 is 18.0 Å². The molecule has 1 aromatic heterocycles. The zero-order chi connectivity index (χ0) is 17.7. The molecule has 2 rings (SSSR count). The minimum atomic E-state index is -4.32. The standard InChI is InChI=1S/C17H20F3N3O/c1-12(2)16-13(10-21-15(24)8-9-17(18,19)20)11-23(22-16)14-6-4-3-5-7-14/h3-7,11-12H,8-10H2,1-2H3,(H,21,24). The first-order valence-electron chi connectivity index (χ1n) is 7.73. The third kappa shape index (κ3) is 5.11. The topological polar surface area (TPSA) is 46.9 Å². The summed E-state index contributed by atoms with van der Waals surface area (Å²) in [6.45, 7) is 4.12. The molecule has 0 bridgehead atoms. The summed E-state index contributed by atoms with van der Waals surface area (Å²) in [5.41, 5.74) is 2.50. The molecule has 0 saturated heterocycles. The Bertz CT molecular complexity index is 678. The highest BCUT2D eigenvalue weighted by Crippen LogP contribution is 2.22. The Hall–Kier alpha value is -2.31. The lowest BCUT2D eigenvalue weighted by Crippen LogP contribution is -2.24. The van der Waals surface area contributed by atoms with E-state index < -0.39 is 24.9 Å². The number of rotatable bonds is 6. The van der Waals surface area contributed by atoms with Crippen molar-refractivity contribution in [3.05, 3.63) is 47.8 Å². The molecule has 7 heteroatoms. The number of aromatic nitrogens is 2. The SMILES string of the molecule is CC(C)c1nn(-c2ccccc2)cc1CNC(=O)CCC(F)(F)F. The van der Waals surface area contributed by atoms with Crippen molar-refractivity contribution in [2.24, 2.45) is 0 Å². The summed E-state index contributed by atoms with van der Waals surface area (Å²) in [6, 6.07) is 9.50. The largest absolute Gasteiger partial charge is 0.389 e. The van der Waals surface area contributed by atoms with E-state index >= 15 is 0 Å². The van der Waals surface area contributed by atoms with Gasteiger partial charge in [-0.2, -0.15) is 18.3 Å². The molecule has 2 aromatic rings. The first-order valence-corrected chi connectivity index (χ1v) is 7.73. The molecule has 0 saturated carbocycles. The Morgan fingerprint density at radius 1 is 1.25 bits per heavy atom. The van der Waals surface area contributed by atoms with E-state index in [4.69, 9.17) is 0 Å². The maximum Gasteiger partial charge on any atom is 0.389 e. The fourth-order valence-electron chi connectivity index (χ4n) is 2.30. The fraction of sp³-hybridized carbons (Fsp3) is 0.412. The molecule has 0 fully saturated rings. The molecule has 130 valence electrons. The number of carbonyl (C=O) groups is 1. The molecule has 0 aliphatic heterocycles. The second-order valence-corrected chi connectivity index (χ2v) is 5.87. The first kappa shape index (κ1) is 18.0. The number of carbonyl (C=O) groups excluding carboxylic acids is 1. The Kier molecular flexibility index (Phi) is 5.64. The number of hydrogen-bond donors (Lipinski definition) is 1. The Morgan fingerprint density at radius 3 is 2.50 bits per heavy atom. The number of amides is 1. The molecular formula is C17H20F3N3O. The molecule has 0 atom stereocenters. The van der Waals surface area contributed by atoms with Gasteiger partial charge < -0.3 is 5.32 Å². The lowest BCUT2D eigenvalue weighted by molar-refractivity contribution is -0.144. The smallest absolute Gasteiger partial charge is 0.352 e. The highest BCUT2D eigenvalue weighted by molar-refractivity contribution is 5.75. The molecule has 0 aliphatic rings. The van der Waals surface area contributed by atoms with Crippen molar-refractivity contribution in [3.8, 4) is 5.69 Å². The van der Waals surface area contributed by atoms with Crippen molar-refractivity contribution >= 4 is 5.91 Å². The van der Waals surface area contributed by atoms with Gasteiger partial charge in [0.25, 0.3) is 0 Å². The third-order valence-electron chi connectivity index (χ3n) is 3.50. The van der Waals surface area contributed by atoms with E-state index in [9.17, 15) is 18.0 Å². The van der Waals surface area contributed by atoms with Gasteiger partial charge in [0.15, 0.2) is 0 Å². The van der Waals surface area contributed by atoms with Gasteiger partial charge in [0.2, 0.25) is 5.91 Å². The summed E-state index contributed by atoms with van der Waals surface area (Å²) >= 11 is 0. The summed E-state index contributed by atoms with van der Waals surface area (Å²) < 4.78 is 38.2. The van der Waals surface area contributed by atoms with Crippen molar-refractivity contribution in [3.63, 3.8) is 0 Å². The normalized spacial score (nSPS) is 11.8. The van der Waals surface area contributed by atoms with Crippen LogP contribution < -0.4 is 5.32 Å². The molecule has 0 radical (unpaired) electrons. The van der Waals surface area contributed by atoms with Crippen LogP contribution in [0.1, 0.15) is 43.9 Å². The monoisotopic (exact) mass is 339 g/mol. The molecule has 0 aliphatic carbocycles. The lowest BCUT2D eigenvalue weighted by atomic mass is 10.1. The maximum absolute atomic E-state index is 12.1. The zero-order valence-corrected chi connectivity index (χ0v) is 13.6. The number of hydrogen-bond acceptors (Lipinski definition) is 2. The highest BCUT2D eigenvalue weighted by atomic mass is 19.4. The molecule has 1 heterocycles. The molecule has 1 N–H and O–H groups in total. The van der Waals surface area contributed by atoms with Crippen LogP contribution in [0.5, 0.6) is 0 Å². The van der Waals surface area contributed by atoms with Crippen LogP contribution in [0, 0.1) is 0 Å². The molecule has 1 amide bonds. The number of benzene rings is 1. The van der Waals surface area contributed by atoms with Crippen molar-refractivity contribution in [1.82, 2.24) is 15.1 Å². The summed E-state index contributed by atoms with van der Waals surface area (Å²) in [6.07, 6.45) is -4.19. The maximum atomic E-state index is 12.1. The molecule has 1 aromatic carbocycles. The molecule has 0 spiro atoms. The molecule has 4 nitrogen and oxygen atoms in total. The minimum absolute atomic E-state index is 0.136. The number of alkyl halides is 3. The molecular weight excluding hydrogens is 319 g/mol. The van der Waals surface area contributed by atoms with Crippen LogP contribution in [0.15, 0.2) is 36.5 Å². The first-order chi connectivity index (χ1) is 11.3. The minimum Gasteiger partial charge on any atom is -0.352 e. The predicted molar refractivity (Wildman–Crippen MR) is 84.8 cm³/mol. The van der Waals surface area contributed by atoms with Crippen LogP contribution in [-0.2, 0) is 11.3 Å². The van der Waals surface area contributed by atoms with Crippen LogP contribution in [0.25, 0.3) is 5.69 Å². The summed E-state index contributed by atoms with van der Waals surface area (Å²) in [5, 5.41) is 7.07. The van der Waals surface area contributed by atoms with E-state index in [1.807, 2.05) is 44.2 Å². The van der Waals surface area contributed by atoms with Crippen LogP contribution >= 0.6 is 0 Å². The fourth-order valence-corrected chi connectivity index (χ4v) is 2.30. The highest BCUT2D eigenvalue weighted by Gasteiger charge is 2.27. The van der Waals surface area contributed by atoms with Gasteiger partial charge in [0.1, 0.15) is 0 Å². The number of halogens is 3. The van der Waals surface area contributed by atoms with Crippen LogP contribution in [0.3, 0.4) is 0 Å². The van der Waals surface area contributed by atoms with E-state index in [2.05, 4.69) is 10.4 Å². The van der Waals surface area contributed by atoms with E-state index in [1.54, 1.807) is 10.9 Å². The Balaban J connectivity index is 2.06. The quantitative estimate of drug-likeness (QED) is 0.866. The average molecular weight is 339 g/mol. The number of nitrogens with one attached hydrogen (secondary N) is 1. The molecule has 0 unspecified atom stereocenters. The van der Waals surface area contributed by atoms with Gasteiger partial charge in [-0.25, -0.2) is 4.68 Å². The third-order valence-corrected chi connectivity index (χ3v) is 3.50. The Morgan fingerprint density at radius 2 is 1.92 bits per heavy atom. The number of nitrogens with zero attached hydrogens (tertiary/aromatic N) is 2. The van der Waals surface area contributed by atoms with Crippen LogP contribution in [-0.4, -0.2) is 21.9 Å². The Labute approximate surface area is 138 Å². The van der Waals surface area contributed by atoms with Gasteiger partial charge in [-0.3, -0.25) is 4.79 Å². The van der Waals surface area contributed by atoms with Gasteiger partial charge >= 0.3 is 6.18 Å². The van der Waals surface area contributed by atoms with Crippen LogP contribution in [0.4, 0.5) is 13.2 Å². The second-order valence-electron chi connectivity index (χ2n) is 5.87. The van der Waals surface area contributed by atoms with E-state index in [0.29, 0.717) is 0 Å². The van der Waals surface area contributed by atoms with Crippen molar-refractivity contribution in [1.29, 1.82) is 0 Å². The van der Waals surface area contributed by atoms with Gasteiger partial charge in [-0.15, -0.1) is 0 Å². The summed E-state index contributed by atoms with van der Waals surface area (Å²) in [7, 11) is 0.